The number of rotatable bonds is 5. The number of phenolic OH excluding ortho intramolecular Hbond substituents is 1. The van der Waals surface area contributed by atoms with E-state index in [2.05, 4.69) is 9.47 Å². The normalized spacial score (nSPS) is 10.5. The number of phenols is 1. The van der Waals surface area contributed by atoms with E-state index >= 15 is 0 Å². The van der Waals surface area contributed by atoms with Gasteiger partial charge in [0, 0.05) is 6.92 Å². The molecule has 0 atom stereocenters. The maximum absolute atomic E-state index is 13.4. The smallest absolute Gasteiger partial charge is 0.343 e. The Hall–Kier alpha value is -5.61. The molecule has 236 valence electrons. The first-order valence-corrected chi connectivity index (χ1v) is 11.6. The SMILES string of the molecule is CC(=O)Oc1ccc(C(=O)Oc2c(F)c(F)c(F)c(F)c2F)cc1.O=C(Oc1c(F)c(F)c(F)c(F)c1F)c1ccc(O)cc1. The Balaban J connectivity index is 0.000000248. The molecule has 1 N–H and O–H groups in total. The topological polar surface area (TPSA) is 99.1 Å². The summed E-state index contributed by atoms with van der Waals surface area (Å²) in [7, 11) is 0. The van der Waals surface area contributed by atoms with Gasteiger partial charge in [-0.05, 0) is 48.5 Å². The van der Waals surface area contributed by atoms with Gasteiger partial charge < -0.3 is 19.3 Å². The van der Waals surface area contributed by atoms with E-state index in [1.807, 2.05) is 0 Å². The maximum atomic E-state index is 13.4. The molecular weight excluding hydrogens is 638 g/mol. The first-order valence-electron chi connectivity index (χ1n) is 11.6. The molecule has 0 amide bonds. The van der Waals surface area contributed by atoms with Gasteiger partial charge in [-0.2, -0.15) is 17.6 Å². The third-order valence-corrected chi connectivity index (χ3v) is 5.18. The van der Waals surface area contributed by atoms with Crippen LogP contribution >= 0.6 is 0 Å². The zero-order chi connectivity index (χ0) is 33.7. The third kappa shape index (κ3) is 7.49. The van der Waals surface area contributed by atoms with Crippen LogP contribution in [0.2, 0.25) is 0 Å². The number of esters is 3. The van der Waals surface area contributed by atoms with E-state index in [0.717, 1.165) is 43.3 Å². The molecule has 4 aromatic rings. The van der Waals surface area contributed by atoms with Crippen LogP contribution in [0, 0.1) is 58.2 Å². The molecule has 0 aromatic heterocycles. The van der Waals surface area contributed by atoms with Gasteiger partial charge in [0.05, 0.1) is 11.1 Å². The molecule has 4 rings (SSSR count). The van der Waals surface area contributed by atoms with Crippen molar-refractivity contribution in [3.8, 4) is 23.0 Å². The highest BCUT2D eigenvalue weighted by molar-refractivity contribution is 5.91. The molecule has 7 nitrogen and oxygen atoms in total. The number of ether oxygens (including phenoxy) is 3. The quantitative estimate of drug-likeness (QED) is 0.0831. The van der Waals surface area contributed by atoms with Crippen LogP contribution in [0.25, 0.3) is 0 Å². The summed E-state index contributed by atoms with van der Waals surface area (Å²) in [5, 5.41) is 9.01. The summed E-state index contributed by atoms with van der Waals surface area (Å²) >= 11 is 0. The molecule has 0 fully saturated rings. The van der Waals surface area contributed by atoms with Crippen LogP contribution in [-0.2, 0) is 4.79 Å². The van der Waals surface area contributed by atoms with Gasteiger partial charge >= 0.3 is 17.9 Å². The fourth-order valence-electron chi connectivity index (χ4n) is 3.07. The summed E-state index contributed by atoms with van der Waals surface area (Å²) in [5.41, 5.74) is -0.522. The predicted molar refractivity (Wildman–Crippen MR) is 128 cm³/mol. The Bertz CT molecular complexity index is 1740. The lowest BCUT2D eigenvalue weighted by atomic mass is 10.2. The van der Waals surface area contributed by atoms with Crippen molar-refractivity contribution in [1.82, 2.24) is 0 Å². The summed E-state index contributed by atoms with van der Waals surface area (Å²) < 4.78 is 144. The lowest BCUT2D eigenvalue weighted by Crippen LogP contribution is -2.13. The number of hydrogen-bond acceptors (Lipinski definition) is 7. The predicted octanol–water partition coefficient (Wildman–Crippen LogP) is 6.83. The van der Waals surface area contributed by atoms with Gasteiger partial charge in [0.1, 0.15) is 11.5 Å². The second kappa shape index (κ2) is 13.8. The summed E-state index contributed by atoms with van der Waals surface area (Å²) in [6.07, 6.45) is 0. The van der Waals surface area contributed by atoms with E-state index in [1.54, 1.807) is 0 Å². The van der Waals surface area contributed by atoms with Gasteiger partial charge in [-0.25, -0.2) is 35.9 Å². The maximum Gasteiger partial charge on any atom is 0.343 e. The molecule has 0 heterocycles. The van der Waals surface area contributed by atoms with Crippen molar-refractivity contribution in [2.45, 2.75) is 6.92 Å². The zero-order valence-corrected chi connectivity index (χ0v) is 21.8. The fourth-order valence-corrected chi connectivity index (χ4v) is 3.07. The molecule has 0 saturated heterocycles. The second-order valence-corrected chi connectivity index (χ2v) is 8.24. The molecule has 45 heavy (non-hydrogen) atoms. The summed E-state index contributed by atoms with van der Waals surface area (Å²) in [6.45, 7) is 1.14. The van der Waals surface area contributed by atoms with Gasteiger partial charge in [-0.15, -0.1) is 0 Å². The molecule has 0 bridgehead atoms. The minimum atomic E-state index is -2.37. The molecular formula is C28H12F10O7. The average molecular weight is 650 g/mol. The molecule has 0 radical (unpaired) electrons. The minimum Gasteiger partial charge on any atom is -0.508 e. The molecule has 0 saturated carbocycles. The van der Waals surface area contributed by atoms with E-state index in [0.29, 0.717) is 0 Å². The van der Waals surface area contributed by atoms with Gasteiger partial charge in [-0.3, -0.25) is 4.79 Å². The van der Waals surface area contributed by atoms with Crippen molar-refractivity contribution >= 4 is 17.9 Å². The highest BCUT2D eigenvalue weighted by Crippen LogP contribution is 2.31. The molecule has 0 aliphatic heterocycles. The van der Waals surface area contributed by atoms with Crippen molar-refractivity contribution in [3.05, 3.63) is 118 Å². The van der Waals surface area contributed by atoms with Crippen LogP contribution in [0.15, 0.2) is 48.5 Å². The van der Waals surface area contributed by atoms with Crippen molar-refractivity contribution in [1.29, 1.82) is 0 Å². The highest BCUT2D eigenvalue weighted by Gasteiger charge is 2.30. The van der Waals surface area contributed by atoms with E-state index in [-0.39, 0.29) is 22.6 Å². The average Bonchev–Trinajstić information content (AvgIpc) is 3.01. The molecule has 0 aliphatic carbocycles. The van der Waals surface area contributed by atoms with Crippen LogP contribution in [-0.4, -0.2) is 23.0 Å². The Morgan fingerprint density at radius 1 is 0.467 bits per heavy atom. The third-order valence-electron chi connectivity index (χ3n) is 5.18. The standard InChI is InChI=1S/C15H7F5O4.C13H5F5O3/c1-6(21)23-8-4-2-7(3-5-8)15(22)24-14-12(19)10(17)9(16)11(18)13(14)20;14-7-8(15)10(17)12(11(18)9(7)16)21-13(20)5-1-3-6(19)4-2-5/h2-5H,1H3;1-4,19H. The van der Waals surface area contributed by atoms with Gasteiger partial charge in [-0.1, -0.05) is 0 Å². The molecule has 17 heteroatoms. The summed E-state index contributed by atoms with van der Waals surface area (Å²) in [6, 6.07) is 8.75. The van der Waals surface area contributed by atoms with Crippen LogP contribution in [0.3, 0.4) is 0 Å². The molecule has 4 aromatic carbocycles. The Morgan fingerprint density at radius 2 is 0.756 bits per heavy atom. The number of halogens is 10. The largest absolute Gasteiger partial charge is 0.508 e. The number of hydrogen-bond donors (Lipinski definition) is 1. The van der Waals surface area contributed by atoms with Crippen molar-refractivity contribution in [3.63, 3.8) is 0 Å². The van der Waals surface area contributed by atoms with Crippen molar-refractivity contribution in [2.24, 2.45) is 0 Å². The van der Waals surface area contributed by atoms with Gasteiger partial charge in [0.15, 0.2) is 0 Å². The summed E-state index contributed by atoms with van der Waals surface area (Å²) in [4.78, 5) is 34.1. The number of benzene rings is 4. The Labute approximate surface area is 243 Å². The molecule has 0 aliphatic rings. The van der Waals surface area contributed by atoms with E-state index < -0.39 is 87.6 Å². The number of carbonyl (C=O) groups excluding carboxylic acids is 3. The first-order chi connectivity index (χ1) is 21.0. The molecule has 0 spiro atoms. The lowest BCUT2D eigenvalue weighted by molar-refractivity contribution is -0.131. The zero-order valence-electron chi connectivity index (χ0n) is 21.8. The van der Waals surface area contributed by atoms with Crippen LogP contribution < -0.4 is 14.2 Å². The van der Waals surface area contributed by atoms with Crippen molar-refractivity contribution < 1.29 is 77.6 Å². The second-order valence-electron chi connectivity index (χ2n) is 8.24. The van der Waals surface area contributed by atoms with Crippen molar-refractivity contribution in [2.75, 3.05) is 0 Å². The first kappa shape index (κ1) is 33.9. The monoisotopic (exact) mass is 650 g/mol. The Kier molecular flexibility index (Phi) is 10.4. The Morgan fingerprint density at radius 3 is 1.07 bits per heavy atom. The van der Waals surface area contributed by atoms with Gasteiger partial charge in [0.2, 0.25) is 69.7 Å². The lowest BCUT2D eigenvalue weighted by Gasteiger charge is -2.09. The highest BCUT2D eigenvalue weighted by atomic mass is 19.2. The van der Waals surface area contributed by atoms with Crippen LogP contribution in [0.5, 0.6) is 23.0 Å². The minimum absolute atomic E-state index is 0.0790. The fraction of sp³-hybridized carbons (Fsp3) is 0.0357. The van der Waals surface area contributed by atoms with E-state index in [4.69, 9.17) is 9.84 Å². The van der Waals surface area contributed by atoms with Gasteiger partial charge in [0.25, 0.3) is 0 Å². The van der Waals surface area contributed by atoms with Crippen LogP contribution in [0.1, 0.15) is 27.6 Å². The number of aromatic hydroxyl groups is 1. The summed E-state index contributed by atoms with van der Waals surface area (Å²) in [5.74, 6) is -29.5. The van der Waals surface area contributed by atoms with E-state index in [1.165, 1.54) is 12.1 Å². The molecule has 0 unspecified atom stereocenters. The van der Waals surface area contributed by atoms with E-state index in [9.17, 15) is 58.3 Å². The number of carbonyl (C=O) groups is 3. The van der Waals surface area contributed by atoms with Crippen LogP contribution in [0.4, 0.5) is 43.9 Å².